The zero-order valence-corrected chi connectivity index (χ0v) is 16.0. The summed E-state index contributed by atoms with van der Waals surface area (Å²) in [5.41, 5.74) is 1.29. The summed E-state index contributed by atoms with van der Waals surface area (Å²) in [5.74, 6) is 2.25. The van der Waals surface area contributed by atoms with E-state index in [-0.39, 0.29) is 5.91 Å². The average molecular weight is 368 g/mol. The van der Waals surface area contributed by atoms with E-state index in [4.69, 9.17) is 4.74 Å². The lowest BCUT2D eigenvalue weighted by atomic mass is 9.85. The van der Waals surface area contributed by atoms with Crippen LogP contribution in [0.25, 0.3) is 0 Å². The van der Waals surface area contributed by atoms with Gasteiger partial charge in [-0.3, -0.25) is 4.79 Å². The minimum atomic E-state index is 0.00903. The van der Waals surface area contributed by atoms with E-state index in [1.807, 2.05) is 23.2 Å². The van der Waals surface area contributed by atoms with Crippen LogP contribution in [0.15, 0.2) is 30.6 Å². The molecular weight excluding hydrogens is 340 g/mol. The van der Waals surface area contributed by atoms with Crippen molar-refractivity contribution in [2.45, 2.75) is 51.2 Å². The van der Waals surface area contributed by atoms with Gasteiger partial charge >= 0.3 is 0 Å². The molecule has 1 aliphatic heterocycles. The fourth-order valence-electron chi connectivity index (χ4n) is 4.15. The number of piperidine rings is 1. The number of hydrogen-bond donors (Lipinski definition) is 0. The fraction of sp³-hybridized carbons (Fsp3) is 0.571. The van der Waals surface area contributed by atoms with Crippen LogP contribution in [-0.2, 0) is 17.9 Å². The molecular formula is C21H28N4O2. The highest BCUT2D eigenvalue weighted by atomic mass is 16.5. The van der Waals surface area contributed by atoms with Crippen LogP contribution in [0.2, 0.25) is 0 Å². The van der Waals surface area contributed by atoms with Gasteiger partial charge in [-0.2, -0.15) is 0 Å². The predicted octanol–water partition coefficient (Wildman–Crippen LogP) is 3.24. The predicted molar refractivity (Wildman–Crippen MR) is 102 cm³/mol. The standard InChI is InChI=1S/C21H28N4O2/c1-27-15-18-8-3-9-19(23-18)21(26)25-11-4-7-17(14-25)20-22-10-12-24(20)13-16-5-2-6-16/h3,8-10,12,16-17H,2,4-7,11,13-15H2,1H3/t17-/m1/s1. The van der Waals surface area contributed by atoms with E-state index in [0.29, 0.717) is 18.2 Å². The van der Waals surface area contributed by atoms with Gasteiger partial charge in [0.05, 0.1) is 12.3 Å². The number of methoxy groups -OCH3 is 1. The number of rotatable bonds is 6. The Morgan fingerprint density at radius 2 is 2.15 bits per heavy atom. The van der Waals surface area contributed by atoms with Gasteiger partial charge in [0.1, 0.15) is 11.5 Å². The number of hydrogen-bond acceptors (Lipinski definition) is 4. The molecule has 0 aromatic carbocycles. The highest BCUT2D eigenvalue weighted by molar-refractivity contribution is 5.92. The summed E-state index contributed by atoms with van der Waals surface area (Å²) in [6, 6.07) is 5.56. The first kappa shape index (κ1) is 18.2. The van der Waals surface area contributed by atoms with E-state index in [1.165, 1.54) is 19.3 Å². The Bertz CT molecular complexity index is 784. The minimum absolute atomic E-state index is 0.00903. The zero-order valence-electron chi connectivity index (χ0n) is 16.0. The van der Waals surface area contributed by atoms with Crippen LogP contribution in [0.4, 0.5) is 0 Å². The molecule has 144 valence electrons. The Balaban J connectivity index is 1.46. The molecule has 2 aromatic rings. The molecule has 0 unspecified atom stereocenters. The van der Waals surface area contributed by atoms with Gasteiger partial charge in [0.2, 0.25) is 0 Å². The smallest absolute Gasteiger partial charge is 0.272 e. The maximum absolute atomic E-state index is 13.0. The van der Waals surface area contributed by atoms with Crippen LogP contribution in [0, 0.1) is 5.92 Å². The second-order valence-electron chi connectivity index (χ2n) is 7.77. The largest absolute Gasteiger partial charge is 0.378 e. The minimum Gasteiger partial charge on any atom is -0.378 e. The van der Waals surface area contributed by atoms with Crippen molar-refractivity contribution in [3.8, 4) is 0 Å². The second-order valence-corrected chi connectivity index (χ2v) is 7.77. The van der Waals surface area contributed by atoms with Crippen LogP contribution in [0.5, 0.6) is 0 Å². The Hall–Kier alpha value is -2.21. The molecule has 0 N–H and O–H groups in total. The van der Waals surface area contributed by atoms with Gasteiger partial charge in [0.15, 0.2) is 0 Å². The number of ether oxygens (including phenoxy) is 1. The maximum atomic E-state index is 13.0. The van der Waals surface area contributed by atoms with Crippen molar-refractivity contribution in [1.82, 2.24) is 19.4 Å². The fourth-order valence-corrected chi connectivity index (χ4v) is 4.15. The van der Waals surface area contributed by atoms with Crippen LogP contribution in [0.3, 0.4) is 0 Å². The molecule has 3 heterocycles. The van der Waals surface area contributed by atoms with Crippen molar-refractivity contribution < 1.29 is 9.53 Å². The normalized spacial score (nSPS) is 20.5. The quantitative estimate of drug-likeness (QED) is 0.785. The molecule has 4 rings (SSSR count). The first-order chi connectivity index (χ1) is 13.2. The van der Waals surface area contributed by atoms with E-state index >= 15 is 0 Å². The van der Waals surface area contributed by atoms with Gasteiger partial charge in [-0.15, -0.1) is 0 Å². The summed E-state index contributed by atoms with van der Waals surface area (Å²) in [7, 11) is 1.64. The van der Waals surface area contributed by atoms with Crippen LogP contribution >= 0.6 is 0 Å². The van der Waals surface area contributed by atoms with Crippen LogP contribution in [0.1, 0.15) is 60.0 Å². The first-order valence-electron chi connectivity index (χ1n) is 9.99. The molecule has 27 heavy (non-hydrogen) atoms. The van der Waals surface area contributed by atoms with Gasteiger partial charge in [0, 0.05) is 45.1 Å². The monoisotopic (exact) mass is 368 g/mol. The lowest BCUT2D eigenvalue weighted by Crippen LogP contribution is -2.40. The van der Waals surface area contributed by atoms with E-state index < -0.39 is 0 Å². The number of likely N-dealkylation sites (tertiary alicyclic amines) is 1. The number of carbonyl (C=O) groups excluding carboxylic acids is 1. The van der Waals surface area contributed by atoms with Crippen molar-refractivity contribution in [2.24, 2.45) is 5.92 Å². The van der Waals surface area contributed by atoms with Gasteiger partial charge in [-0.05, 0) is 43.7 Å². The summed E-state index contributed by atoms with van der Waals surface area (Å²) in [5, 5.41) is 0. The van der Waals surface area contributed by atoms with Crippen molar-refractivity contribution >= 4 is 5.91 Å². The number of aromatic nitrogens is 3. The number of nitrogens with zero attached hydrogens (tertiary/aromatic N) is 4. The average Bonchev–Trinajstić information content (AvgIpc) is 3.13. The van der Waals surface area contributed by atoms with E-state index in [0.717, 1.165) is 49.9 Å². The topological polar surface area (TPSA) is 60.2 Å². The van der Waals surface area contributed by atoms with Gasteiger partial charge in [0.25, 0.3) is 5.91 Å². The molecule has 6 heteroatoms. The number of pyridine rings is 1. The molecule has 0 bridgehead atoms. The molecule has 2 aromatic heterocycles. The third kappa shape index (κ3) is 4.05. The van der Waals surface area contributed by atoms with Crippen LogP contribution < -0.4 is 0 Å². The van der Waals surface area contributed by atoms with Crippen molar-refractivity contribution in [3.05, 3.63) is 47.8 Å². The van der Waals surface area contributed by atoms with E-state index in [2.05, 4.69) is 20.7 Å². The van der Waals surface area contributed by atoms with Crippen molar-refractivity contribution in [1.29, 1.82) is 0 Å². The number of carbonyl (C=O) groups is 1. The maximum Gasteiger partial charge on any atom is 0.272 e. The van der Waals surface area contributed by atoms with E-state index in [1.54, 1.807) is 13.2 Å². The lowest BCUT2D eigenvalue weighted by molar-refractivity contribution is 0.0695. The Kier molecular flexibility index (Phi) is 5.53. The Labute approximate surface area is 160 Å². The van der Waals surface area contributed by atoms with Crippen molar-refractivity contribution in [2.75, 3.05) is 20.2 Å². The molecule has 1 amide bonds. The van der Waals surface area contributed by atoms with Gasteiger partial charge in [-0.25, -0.2) is 9.97 Å². The Morgan fingerprint density at radius 3 is 2.93 bits per heavy atom. The molecule has 0 radical (unpaired) electrons. The first-order valence-corrected chi connectivity index (χ1v) is 9.99. The third-order valence-electron chi connectivity index (χ3n) is 5.82. The molecule has 1 saturated carbocycles. The molecule has 1 saturated heterocycles. The highest BCUT2D eigenvalue weighted by Crippen LogP contribution is 2.31. The molecule has 1 aliphatic carbocycles. The summed E-state index contributed by atoms with van der Waals surface area (Å²) in [6.07, 6.45) is 10.1. The number of imidazole rings is 1. The molecule has 6 nitrogen and oxygen atoms in total. The second kappa shape index (κ2) is 8.21. The molecule has 1 atom stereocenters. The zero-order chi connectivity index (χ0) is 18.6. The van der Waals surface area contributed by atoms with Crippen LogP contribution in [-0.4, -0.2) is 45.5 Å². The summed E-state index contributed by atoms with van der Waals surface area (Å²) >= 11 is 0. The van der Waals surface area contributed by atoms with E-state index in [9.17, 15) is 4.79 Å². The number of amides is 1. The summed E-state index contributed by atoms with van der Waals surface area (Å²) in [4.78, 5) is 24.0. The lowest BCUT2D eigenvalue weighted by Gasteiger charge is -2.33. The Morgan fingerprint density at radius 1 is 1.26 bits per heavy atom. The highest BCUT2D eigenvalue weighted by Gasteiger charge is 2.29. The van der Waals surface area contributed by atoms with Crippen molar-refractivity contribution in [3.63, 3.8) is 0 Å². The van der Waals surface area contributed by atoms with Gasteiger partial charge in [-0.1, -0.05) is 12.5 Å². The summed E-state index contributed by atoms with van der Waals surface area (Å²) < 4.78 is 7.45. The summed E-state index contributed by atoms with van der Waals surface area (Å²) in [6.45, 7) is 2.99. The SMILES string of the molecule is COCc1cccc(C(=O)N2CCC[C@@H](c3nccn3CC3CCC3)C2)n1. The molecule has 0 spiro atoms. The van der Waals surface area contributed by atoms with Gasteiger partial charge < -0.3 is 14.2 Å². The molecule has 2 fully saturated rings. The third-order valence-corrected chi connectivity index (χ3v) is 5.82. The molecule has 2 aliphatic rings.